The van der Waals surface area contributed by atoms with Crippen molar-refractivity contribution in [1.82, 2.24) is 9.97 Å². The maximum absolute atomic E-state index is 12.1. The molecule has 21 heavy (non-hydrogen) atoms. The van der Waals surface area contributed by atoms with Crippen molar-refractivity contribution in [3.05, 3.63) is 11.4 Å². The monoisotopic (exact) mass is 304 g/mol. The highest BCUT2D eigenvalue weighted by atomic mass is 19.4. The Kier molecular flexibility index (Phi) is 6.71. The van der Waals surface area contributed by atoms with Gasteiger partial charge in [0.05, 0.1) is 0 Å². The first-order chi connectivity index (χ1) is 9.87. The lowest BCUT2D eigenvalue weighted by Gasteiger charge is -2.14. The molecule has 0 aromatic carbocycles. The fraction of sp³-hybridized carbons (Fsp3) is 0.714. The summed E-state index contributed by atoms with van der Waals surface area (Å²) in [6.07, 6.45) is -3.51. The highest BCUT2D eigenvalue weighted by Crippen LogP contribution is 2.23. The van der Waals surface area contributed by atoms with E-state index in [1.54, 1.807) is 0 Å². The first-order valence-electron chi connectivity index (χ1n) is 7.29. The SMILES string of the molecule is CCNc1nc(CC)nc(NCCCCC(F)(F)F)c1C. The van der Waals surface area contributed by atoms with Gasteiger partial charge < -0.3 is 10.6 Å². The second-order valence-electron chi connectivity index (χ2n) is 4.84. The lowest BCUT2D eigenvalue weighted by molar-refractivity contribution is -0.135. The lowest BCUT2D eigenvalue weighted by atomic mass is 10.2. The van der Waals surface area contributed by atoms with Gasteiger partial charge in [-0.2, -0.15) is 13.2 Å². The Morgan fingerprint density at radius 1 is 1.00 bits per heavy atom. The van der Waals surface area contributed by atoms with Crippen molar-refractivity contribution in [3.8, 4) is 0 Å². The fourth-order valence-electron chi connectivity index (χ4n) is 1.89. The molecule has 0 spiro atoms. The fourth-order valence-corrected chi connectivity index (χ4v) is 1.89. The van der Waals surface area contributed by atoms with Crippen LogP contribution < -0.4 is 10.6 Å². The van der Waals surface area contributed by atoms with Crippen molar-refractivity contribution in [2.45, 2.75) is 52.6 Å². The number of nitrogens with one attached hydrogen (secondary N) is 2. The van der Waals surface area contributed by atoms with Crippen LogP contribution in [0.1, 0.15) is 44.5 Å². The van der Waals surface area contributed by atoms with Gasteiger partial charge in [0.15, 0.2) is 0 Å². The zero-order chi connectivity index (χ0) is 15.9. The predicted octanol–water partition coefficient (Wildman–Crippen LogP) is 3.92. The Morgan fingerprint density at radius 3 is 2.14 bits per heavy atom. The normalized spacial score (nSPS) is 11.5. The Hall–Kier alpha value is -1.53. The highest BCUT2D eigenvalue weighted by Gasteiger charge is 2.25. The first-order valence-corrected chi connectivity index (χ1v) is 7.29. The summed E-state index contributed by atoms with van der Waals surface area (Å²) < 4.78 is 36.2. The minimum atomic E-state index is -4.07. The number of unbranched alkanes of at least 4 members (excludes halogenated alkanes) is 1. The molecule has 0 fully saturated rings. The molecule has 1 heterocycles. The summed E-state index contributed by atoms with van der Waals surface area (Å²) in [5, 5.41) is 6.29. The zero-order valence-electron chi connectivity index (χ0n) is 12.8. The van der Waals surface area contributed by atoms with E-state index in [9.17, 15) is 13.2 Å². The van der Waals surface area contributed by atoms with E-state index in [-0.39, 0.29) is 6.42 Å². The molecule has 120 valence electrons. The third-order valence-electron chi connectivity index (χ3n) is 3.03. The number of nitrogens with zero attached hydrogens (tertiary/aromatic N) is 2. The van der Waals surface area contributed by atoms with Crippen LogP contribution in [0.2, 0.25) is 0 Å². The van der Waals surface area contributed by atoms with Gasteiger partial charge in [-0.1, -0.05) is 6.92 Å². The predicted molar refractivity (Wildman–Crippen MR) is 78.7 cm³/mol. The number of halogens is 3. The van der Waals surface area contributed by atoms with E-state index in [1.807, 2.05) is 20.8 Å². The van der Waals surface area contributed by atoms with E-state index < -0.39 is 12.6 Å². The smallest absolute Gasteiger partial charge is 0.370 e. The highest BCUT2D eigenvalue weighted by molar-refractivity contribution is 5.57. The number of hydrogen-bond donors (Lipinski definition) is 2. The van der Waals surface area contributed by atoms with Crippen molar-refractivity contribution >= 4 is 11.6 Å². The Morgan fingerprint density at radius 2 is 1.62 bits per heavy atom. The van der Waals surface area contributed by atoms with E-state index in [0.29, 0.717) is 31.0 Å². The van der Waals surface area contributed by atoms with Crippen LogP contribution in [0.4, 0.5) is 24.8 Å². The third kappa shape index (κ3) is 6.18. The van der Waals surface area contributed by atoms with Gasteiger partial charge in [0.2, 0.25) is 0 Å². The van der Waals surface area contributed by atoms with E-state index in [4.69, 9.17) is 0 Å². The van der Waals surface area contributed by atoms with Crippen molar-refractivity contribution in [1.29, 1.82) is 0 Å². The summed E-state index contributed by atoms with van der Waals surface area (Å²) in [5.74, 6) is 2.20. The summed E-state index contributed by atoms with van der Waals surface area (Å²) in [6.45, 7) is 7.08. The molecule has 0 aliphatic heterocycles. The van der Waals surface area contributed by atoms with Crippen LogP contribution in [0.5, 0.6) is 0 Å². The molecule has 1 aromatic rings. The molecule has 0 radical (unpaired) electrons. The summed E-state index contributed by atoms with van der Waals surface area (Å²) >= 11 is 0. The van der Waals surface area contributed by atoms with E-state index in [2.05, 4.69) is 20.6 Å². The molecule has 0 unspecified atom stereocenters. The Bertz CT molecular complexity index is 447. The molecule has 1 aromatic heterocycles. The van der Waals surface area contributed by atoms with Crippen molar-refractivity contribution in [3.63, 3.8) is 0 Å². The second-order valence-corrected chi connectivity index (χ2v) is 4.84. The number of alkyl halides is 3. The van der Waals surface area contributed by atoms with Crippen molar-refractivity contribution in [2.24, 2.45) is 0 Å². The van der Waals surface area contributed by atoms with E-state index >= 15 is 0 Å². The van der Waals surface area contributed by atoms with Gasteiger partial charge in [-0.05, 0) is 26.7 Å². The van der Waals surface area contributed by atoms with E-state index in [1.165, 1.54) is 0 Å². The van der Waals surface area contributed by atoms with Crippen LogP contribution >= 0.6 is 0 Å². The van der Waals surface area contributed by atoms with Gasteiger partial charge in [0.25, 0.3) is 0 Å². The number of aryl methyl sites for hydroxylation is 1. The van der Waals surface area contributed by atoms with Gasteiger partial charge in [0.1, 0.15) is 17.5 Å². The first kappa shape index (κ1) is 17.5. The molecular weight excluding hydrogens is 281 g/mol. The standard InChI is InChI=1S/C14H23F3N4/c1-4-11-20-12(18-5-2)10(3)13(21-11)19-9-7-6-8-14(15,16)17/h4-9H2,1-3H3,(H2,18,19,20,21). The summed E-state index contributed by atoms with van der Waals surface area (Å²) in [6, 6.07) is 0. The van der Waals surface area contributed by atoms with Gasteiger partial charge in [0, 0.05) is 31.5 Å². The van der Waals surface area contributed by atoms with Crippen LogP contribution in [-0.4, -0.2) is 29.2 Å². The molecule has 0 saturated carbocycles. The molecule has 0 atom stereocenters. The molecule has 0 aliphatic rings. The Labute approximate surface area is 123 Å². The number of anilines is 2. The maximum atomic E-state index is 12.1. The van der Waals surface area contributed by atoms with Crippen molar-refractivity contribution < 1.29 is 13.2 Å². The van der Waals surface area contributed by atoms with Crippen LogP contribution in [0.25, 0.3) is 0 Å². The van der Waals surface area contributed by atoms with Gasteiger partial charge >= 0.3 is 6.18 Å². The molecule has 1 rings (SSSR count). The lowest BCUT2D eigenvalue weighted by Crippen LogP contribution is -2.12. The van der Waals surface area contributed by atoms with Crippen LogP contribution in [0, 0.1) is 6.92 Å². The number of aromatic nitrogens is 2. The van der Waals surface area contributed by atoms with Crippen LogP contribution in [0.3, 0.4) is 0 Å². The molecule has 0 aliphatic carbocycles. The second kappa shape index (κ2) is 8.05. The average molecular weight is 304 g/mol. The minimum Gasteiger partial charge on any atom is -0.370 e. The Balaban J connectivity index is 2.59. The maximum Gasteiger partial charge on any atom is 0.389 e. The quantitative estimate of drug-likeness (QED) is 0.715. The summed E-state index contributed by atoms with van der Waals surface area (Å²) in [5.41, 5.74) is 0.893. The molecule has 2 N–H and O–H groups in total. The molecule has 0 bridgehead atoms. The average Bonchev–Trinajstić information content (AvgIpc) is 2.41. The van der Waals surface area contributed by atoms with E-state index in [0.717, 1.165) is 17.9 Å². The number of rotatable bonds is 8. The third-order valence-corrected chi connectivity index (χ3v) is 3.03. The van der Waals surface area contributed by atoms with Crippen LogP contribution in [0.15, 0.2) is 0 Å². The topological polar surface area (TPSA) is 49.8 Å². The summed E-state index contributed by atoms with van der Waals surface area (Å²) in [4.78, 5) is 8.80. The molecule has 7 heteroatoms. The molecule has 4 nitrogen and oxygen atoms in total. The van der Waals surface area contributed by atoms with Gasteiger partial charge in [-0.25, -0.2) is 9.97 Å². The zero-order valence-corrected chi connectivity index (χ0v) is 12.8. The molecule has 0 saturated heterocycles. The molecule has 0 amide bonds. The molecular formula is C14H23F3N4. The van der Waals surface area contributed by atoms with Crippen LogP contribution in [-0.2, 0) is 6.42 Å². The van der Waals surface area contributed by atoms with Crippen molar-refractivity contribution in [2.75, 3.05) is 23.7 Å². The van der Waals surface area contributed by atoms with Gasteiger partial charge in [-0.15, -0.1) is 0 Å². The largest absolute Gasteiger partial charge is 0.389 e. The summed E-state index contributed by atoms with van der Waals surface area (Å²) in [7, 11) is 0. The number of hydrogen-bond acceptors (Lipinski definition) is 4. The van der Waals surface area contributed by atoms with Gasteiger partial charge in [-0.3, -0.25) is 0 Å². The minimum absolute atomic E-state index is 0.126.